The van der Waals surface area contributed by atoms with Crippen molar-refractivity contribution in [1.82, 2.24) is 5.32 Å². The summed E-state index contributed by atoms with van der Waals surface area (Å²) in [6.45, 7) is 4.88. The number of carbonyl (C=O) groups is 2. The topological polar surface area (TPSA) is 95.9 Å². The number of carbonyl (C=O) groups excluding carboxylic acids is 2. The van der Waals surface area contributed by atoms with Crippen LogP contribution < -0.4 is 5.32 Å². The predicted molar refractivity (Wildman–Crippen MR) is 246 cm³/mol. The second kappa shape index (κ2) is 47.3. The fourth-order valence-electron chi connectivity index (χ4n) is 7.87. The summed E-state index contributed by atoms with van der Waals surface area (Å²) < 4.78 is 5.44. The summed E-state index contributed by atoms with van der Waals surface area (Å²) in [6, 6.07) is -0.560. The lowest BCUT2D eigenvalue weighted by atomic mass is 10.0. The molecule has 0 bridgehead atoms. The molecule has 0 aromatic rings. The van der Waals surface area contributed by atoms with Gasteiger partial charge in [-0.3, -0.25) is 9.59 Å². The van der Waals surface area contributed by atoms with Gasteiger partial charge in [-0.1, -0.05) is 225 Å². The Morgan fingerprint density at radius 3 is 1.25 bits per heavy atom. The third-order valence-corrected chi connectivity index (χ3v) is 11.8. The van der Waals surface area contributed by atoms with E-state index in [0.29, 0.717) is 25.9 Å². The summed E-state index contributed by atoms with van der Waals surface area (Å²) >= 11 is 0. The van der Waals surface area contributed by atoms with Crippen molar-refractivity contribution in [3.05, 3.63) is 12.2 Å². The van der Waals surface area contributed by atoms with Crippen LogP contribution >= 0.6 is 0 Å². The fraction of sp³-hybridized carbons (Fsp3) is 0.922. The molecule has 57 heavy (non-hydrogen) atoms. The highest BCUT2D eigenvalue weighted by molar-refractivity contribution is 5.76. The summed E-state index contributed by atoms with van der Waals surface area (Å²) in [7, 11) is 0. The van der Waals surface area contributed by atoms with E-state index in [9.17, 15) is 19.8 Å². The van der Waals surface area contributed by atoms with Gasteiger partial charge in [-0.15, -0.1) is 0 Å². The van der Waals surface area contributed by atoms with Gasteiger partial charge < -0.3 is 20.3 Å². The minimum absolute atomic E-state index is 0.0273. The van der Waals surface area contributed by atoms with Gasteiger partial charge >= 0.3 is 5.97 Å². The lowest BCUT2D eigenvalue weighted by molar-refractivity contribution is -0.143. The number of amides is 1. The molecule has 0 rings (SSSR count). The highest BCUT2D eigenvalue weighted by Gasteiger charge is 2.20. The zero-order chi connectivity index (χ0) is 41.5. The first-order valence-electron chi connectivity index (χ1n) is 25.4. The lowest BCUT2D eigenvalue weighted by Gasteiger charge is -2.22. The maximum atomic E-state index is 12.4. The van der Waals surface area contributed by atoms with Gasteiger partial charge in [0.2, 0.25) is 5.91 Å². The first-order valence-corrected chi connectivity index (χ1v) is 25.4. The summed E-state index contributed by atoms with van der Waals surface area (Å²) in [5.74, 6) is -0.0911. The molecular weight excluding hydrogens is 707 g/mol. The molecule has 0 aliphatic heterocycles. The average molecular weight is 806 g/mol. The monoisotopic (exact) mass is 806 g/mol. The van der Waals surface area contributed by atoms with Gasteiger partial charge in [-0.2, -0.15) is 0 Å². The number of rotatable bonds is 47. The number of hydrogen-bond acceptors (Lipinski definition) is 5. The average Bonchev–Trinajstić information content (AvgIpc) is 3.21. The van der Waals surface area contributed by atoms with Crippen molar-refractivity contribution in [1.29, 1.82) is 0 Å². The van der Waals surface area contributed by atoms with E-state index in [1.54, 1.807) is 0 Å². The van der Waals surface area contributed by atoms with Crippen LogP contribution in [0.1, 0.15) is 277 Å². The van der Waals surface area contributed by atoms with Gasteiger partial charge in [0, 0.05) is 12.8 Å². The minimum Gasteiger partial charge on any atom is -0.466 e. The van der Waals surface area contributed by atoms with Crippen LogP contribution in [-0.2, 0) is 14.3 Å². The maximum absolute atomic E-state index is 12.4. The zero-order valence-corrected chi connectivity index (χ0v) is 38.3. The maximum Gasteiger partial charge on any atom is 0.305 e. The summed E-state index contributed by atoms with van der Waals surface area (Å²) in [5, 5.41) is 23.1. The number of esters is 1. The molecule has 1 amide bonds. The highest BCUT2D eigenvalue weighted by Crippen LogP contribution is 2.16. The molecule has 2 atom stereocenters. The molecule has 0 saturated heterocycles. The quantitative estimate of drug-likeness (QED) is 0.0323. The Morgan fingerprint density at radius 2 is 0.825 bits per heavy atom. The van der Waals surface area contributed by atoms with Crippen molar-refractivity contribution in [3.8, 4) is 0 Å². The van der Waals surface area contributed by atoms with Crippen molar-refractivity contribution < 1.29 is 24.5 Å². The summed E-state index contributed by atoms with van der Waals surface area (Å²) in [6.07, 6.45) is 53.3. The molecular formula is C51H99NO5. The normalized spacial score (nSPS) is 12.7. The van der Waals surface area contributed by atoms with Crippen molar-refractivity contribution in [2.45, 2.75) is 289 Å². The Bertz CT molecular complexity index is 847. The molecule has 0 spiro atoms. The first-order chi connectivity index (χ1) is 28.0. The molecule has 0 fully saturated rings. The Kier molecular flexibility index (Phi) is 46.1. The number of hydrogen-bond donors (Lipinski definition) is 3. The van der Waals surface area contributed by atoms with E-state index < -0.39 is 12.1 Å². The van der Waals surface area contributed by atoms with Crippen LogP contribution in [0.2, 0.25) is 0 Å². The number of unbranched alkanes of at least 4 members (excludes halogenated alkanes) is 34. The summed E-state index contributed by atoms with van der Waals surface area (Å²) in [5.41, 5.74) is 0. The van der Waals surface area contributed by atoms with Crippen molar-refractivity contribution >= 4 is 11.9 Å². The molecule has 0 aliphatic rings. The standard InChI is InChI=1S/C51H99NO5/c1-3-5-7-9-11-13-15-17-18-19-20-21-25-29-33-37-41-45-51(56)57-46-42-38-34-30-26-22-24-28-32-36-40-44-50(55)52-48(47-53)49(54)43-39-35-31-27-23-16-14-12-10-8-6-4-2/h26,30,48-49,53-54H,3-25,27-29,31-47H2,1-2H3,(H,52,55)/b30-26-. The molecule has 0 aromatic heterocycles. The fourth-order valence-corrected chi connectivity index (χ4v) is 7.87. The molecule has 6 heteroatoms. The van der Waals surface area contributed by atoms with Gasteiger partial charge in [-0.05, 0) is 51.4 Å². The van der Waals surface area contributed by atoms with Gasteiger partial charge in [0.1, 0.15) is 0 Å². The molecule has 338 valence electrons. The molecule has 0 heterocycles. The van der Waals surface area contributed by atoms with Gasteiger partial charge in [0.05, 0.1) is 25.4 Å². The molecule has 0 aromatic carbocycles. The van der Waals surface area contributed by atoms with E-state index in [-0.39, 0.29) is 18.5 Å². The Labute approximate surface area is 355 Å². The number of ether oxygens (including phenoxy) is 1. The minimum atomic E-state index is -0.680. The number of allylic oxidation sites excluding steroid dienone is 2. The zero-order valence-electron chi connectivity index (χ0n) is 38.3. The van der Waals surface area contributed by atoms with E-state index in [2.05, 4.69) is 31.3 Å². The van der Waals surface area contributed by atoms with Crippen molar-refractivity contribution in [3.63, 3.8) is 0 Å². The predicted octanol–water partition coefficient (Wildman–Crippen LogP) is 15.0. The van der Waals surface area contributed by atoms with Crippen LogP contribution in [-0.4, -0.2) is 47.4 Å². The largest absolute Gasteiger partial charge is 0.466 e. The highest BCUT2D eigenvalue weighted by atomic mass is 16.5. The number of aliphatic hydroxyl groups is 2. The Balaban J connectivity index is 3.48. The molecule has 3 N–H and O–H groups in total. The SMILES string of the molecule is CCCCCCCCCCCCCCCCCCCC(=O)OCCCC/C=C\CCCCCCCC(=O)NC(CO)C(O)CCCCCCCCCCCCCC. The smallest absolute Gasteiger partial charge is 0.305 e. The summed E-state index contributed by atoms with van der Waals surface area (Å²) in [4.78, 5) is 24.4. The van der Waals surface area contributed by atoms with Crippen LogP contribution in [0.4, 0.5) is 0 Å². The number of aliphatic hydroxyl groups excluding tert-OH is 2. The molecule has 0 radical (unpaired) electrons. The van der Waals surface area contributed by atoms with E-state index in [1.165, 1.54) is 167 Å². The first kappa shape index (κ1) is 55.6. The second-order valence-electron chi connectivity index (χ2n) is 17.5. The van der Waals surface area contributed by atoms with Crippen molar-refractivity contribution in [2.75, 3.05) is 13.2 Å². The molecule has 2 unspecified atom stereocenters. The van der Waals surface area contributed by atoms with Crippen LogP contribution in [0, 0.1) is 0 Å². The third-order valence-electron chi connectivity index (χ3n) is 11.8. The van der Waals surface area contributed by atoms with Crippen molar-refractivity contribution in [2.24, 2.45) is 0 Å². The molecule has 0 aliphatic carbocycles. The van der Waals surface area contributed by atoms with Gasteiger partial charge in [-0.25, -0.2) is 0 Å². The van der Waals surface area contributed by atoms with E-state index >= 15 is 0 Å². The van der Waals surface area contributed by atoms with Crippen LogP contribution in [0.15, 0.2) is 12.2 Å². The second-order valence-corrected chi connectivity index (χ2v) is 17.5. The Hall–Kier alpha value is -1.40. The van der Waals surface area contributed by atoms with E-state index in [1.807, 2.05) is 0 Å². The van der Waals surface area contributed by atoms with Crippen LogP contribution in [0.3, 0.4) is 0 Å². The molecule has 0 saturated carbocycles. The molecule has 6 nitrogen and oxygen atoms in total. The third kappa shape index (κ3) is 44.0. The van der Waals surface area contributed by atoms with E-state index in [4.69, 9.17) is 4.74 Å². The van der Waals surface area contributed by atoms with Crippen LogP contribution in [0.25, 0.3) is 0 Å². The van der Waals surface area contributed by atoms with E-state index in [0.717, 1.165) is 77.0 Å². The number of nitrogens with one attached hydrogen (secondary N) is 1. The van der Waals surface area contributed by atoms with Gasteiger partial charge in [0.25, 0.3) is 0 Å². The van der Waals surface area contributed by atoms with Gasteiger partial charge in [0.15, 0.2) is 0 Å². The van der Waals surface area contributed by atoms with Crippen LogP contribution in [0.5, 0.6) is 0 Å². The Morgan fingerprint density at radius 1 is 0.474 bits per heavy atom. The lowest BCUT2D eigenvalue weighted by Crippen LogP contribution is -2.45.